The van der Waals surface area contributed by atoms with Gasteiger partial charge in [0.2, 0.25) is 5.91 Å². The molecule has 1 fully saturated rings. The molecule has 0 radical (unpaired) electrons. The third kappa shape index (κ3) is 2.97. The van der Waals surface area contributed by atoms with E-state index in [9.17, 15) is 4.79 Å². The number of likely N-dealkylation sites (N-methyl/N-ethyl adjacent to an activating group) is 1. The Morgan fingerprint density at radius 2 is 2.00 bits per heavy atom. The van der Waals surface area contributed by atoms with Crippen LogP contribution in [0.25, 0.3) is 0 Å². The minimum Gasteiger partial charge on any atom is -0.311 e. The van der Waals surface area contributed by atoms with Gasteiger partial charge < -0.3 is 10.2 Å². The van der Waals surface area contributed by atoms with Crippen molar-refractivity contribution in [1.29, 1.82) is 0 Å². The van der Waals surface area contributed by atoms with Gasteiger partial charge in [-0.2, -0.15) is 0 Å². The van der Waals surface area contributed by atoms with Gasteiger partial charge in [-0.15, -0.1) is 0 Å². The summed E-state index contributed by atoms with van der Waals surface area (Å²) in [5.41, 5.74) is 0.778. The van der Waals surface area contributed by atoms with E-state index < -0.39 is 0 Å². The zero-order valence-electron chi connectivity index (χ0n) is 10.2. The van der Waals surface area contributed by atoms with Crippen molar-refractivity contribution in [3.63, 3.8) is 0 Å². The first-order chi connectivity index (χ1) is 8.61. The summed E-state index contributed by atoms with van der Waals surface area (Å²) in [5.74, 6) is 0.0985. The number of nitrogens with one attached hydrogen (secondary N) is 1. The highest BCUT2D eigenvalue weighted by Gasteiger charge is 2.29. The van der Waals surface area contributed by atoms with E-state index in [0.29, 0.717) is 10.0 Å². The van der Waals surface area contributed by atoms with E-state index in [1.807, 2.05) is 6.92 Å². The van der Waals surface area contributed by atoms with Gasteiger partial charge >= 0.3 is 0 Å². The van der Waals surface area contributed by atoms with Gasteiger partial charge in [0.05, 0.1) is 6.04 Å². The molecule has 2 rings (SSSR count). The monoisotopic (exact) mass is 286 g/mol. The molecule has 98 valence electrons. The Balaban J connectivity index is 2.23. The average Bonchev–Trinajstić information content (AvgIpc) is 2.31. The molecule has 1 N–H and O–H groups in total. The second-order valence-corrected chi connectivity index (χ2v) is 5.24. The molecule has 1 unspecified atom stereocenters. The van der Waals surface area contributed by atoms with Crippen molar-refractivity contribution in [3.8, 4) is 0 Å². The number of piperidine rings is 1. The first-order valence-corrected chi connectivity index (χ1v) is 6.88. The number of hydrogen-bond donors (Lipinski definition) is 1. The van der Waals surface area contributed by atoms with Gasteiger partial charge in [0.25, 0.3) is 0 Å². The highest BCUT2D eigenvalue weighted by molar-refractivity contribution is 6.35. The van der Waals surface area contributed by atoms with Crippen LogP contribution in [0.15, 0.2) is 18.2 Å². The number of rotatable bonds is 3. The topological polar surface area (TPSA) is 32.3 Å². The second-order valence-electron chi connectivity index (χ2n) is 4.37. The predicted octanol–water partition coefficient (Wildman–Crippen LogP) is 3.10. The molecular weight excluding hydrogens is 271 g/mol. The molecule has 1 atom stereocenters. The van der Waals surface area contributed by atoms with Gasteiger partial charge in [0.15, 0.2) is 0 Å². The SMILES string of the molecule is CCNC1CCCN(c2cc(Cl)cc(Cl)c2)C1=O. The number of halogens is 2. The smallest absolute Gasteiger partial charge is 0.244 e. The number of nitrogens with zero attached hydrogens (tertiary/aromatic N) is 1. The minimum atomic E-state index is -0.0958. The molecule has 0 spiro atoms. The first-order valence-electron chi connectivity index (χ1n) is 6.12. The van der Waals surface area contributed by atoms with Gasteiger partial charge in [-0.3, -0.25) is 4.79 Å². The van der Waals surface area contributed by atoms with Crippen molar-refractivity contribution < 1.29 is 4.79 Å². The number of hydrogen-bond acceptors (Lipinski definition) is 2. The van der Waals surface area contributed by atoms with E-state index in [0.717, 1.165) is 31.6 Å². The van der Waals surface area contributed by atoms with Crippen LogP contribution in [0.2, 0.25) is 10.0 Å². The number of carbonyl (C=O) groups excluding carboxylic acids is 1. The third-order valence-corrected chi connectivity index (χ3v) is 3.48. The molecule has 0 saturated carbocycles. The Bertz CT molecular complexity index is 428. The zero-order chi connectivity index (χ0) is 13.1. The van der Waals surface area contributed by atoms with Gasteiger partial charge in [0, 0.05) is 22.3 Å². The highest BCUT2D eigenvalue weighted by Crippen LogP contribution is 2.28. The number of benzene rings is 1. The fraction of sp³-hybridized carbons (Fsp3) is 0.462. The van der Waals surface area contributed by atoms with Crippen LogP contribution in [0.4, 0.5) is 5.69 Å². The van der Waals surface area contributed by atoms with Crippen LogP contribution in [0.3, 0.4) is 0 Å². The lowest BCUT2D eigenvalue weighted by atomic mass is 10.0. The molecule has 1 saturated heterocycles. The van der Waals surface area contributed by atoms with Gasteiger partial charge in [-0.25, -0.2) is 0 Å². The maximum absolute atomic E-state index is 12.3. The zero-order valence-corrected chi connectivity index (χ0v) is 11.8. The predicted molar refractivity (Wildman–Crippen MR) is 75.5 cm³/mol. The van der Waals surface area contributed by atoms with E-state index in [2.05, 4.69) is 5.32 Å². The molecule has 1 aliphatic rings. The number of amides is 1. The summed E-state index contributed by atoms with van der Waals surface area (Å²) in [6.07, 6.45) is 1.87. The Morgan fingerprint density at radius 3 is 2.61 bits per heavy atom. The molecule has 0 aliphatic carbocycles. The van der Waals surface area contributed by atoms with E-state index in [4.69, 9.17) is 23.2 Å². The van der Waals surface area contributed by atoms with Crippen LogP contribution in [0.5, 0.6) is 0 Å². The van der Waals surface area contributed by atoms with E-state index in [1.54, 1.807) is 23.1 Å². The van der Waals surface area contributed by atoms with Gasteiger partial charge in [-0.1, -0.05) is 30.1 Å². The third-order valence-electron chi connectivity index (χ3n) is 3.05. The van der Waals surface area contributed by atoms with Crippen LogP contribution in [-0.2, 0) is 4.79 Å². The fourth-order valence-electron chi connectivity index (χ4n) is 2.26. The highest BCUT2D eigenvalue weighted by atomic mass is 35.5. The van der Waals surface area contributed by atoms with Crippen molar-refractivity contribution in [2.24, 2.45) is 0 Å². The van der Waals surface area contributed by atoms with Crippen LogP contribution in [-0.4, -0.2) is 25.0 Å². The summed E-state index contributed by atoms with van der Waals surface area (Å²) in [7, 11) is 0. The van der Waals surface area contributed by atoms with Crippen LogP contribution >= 0.6 is 23.2 Å². The summed E-state index contributed by atoms with van der Waals surface area (Å²) in [5, 5.41) is 4.31. The van der Waals surface area contributed by atoms with E-state index in [-0.39, 0.29) is 11.9 Å². The summed E-state index contributed by atoms with van der Waals surface area (Å²) >= 11 is 12.0. The molecule has 1 aromatic carbocycles. The van der Waals surface area contributed by atoms with Crippen LogP contribution in [0.1, 0.15) is 19.8 Å². The van der Waals surface area contributed by atoms with E-state index >= 15 is 0 Å². The largest absolute Gasteiger partial charge is 0.311 e. The Hall–Kier alpha value is -0.770. The van der Waals surface area contributed by atoms with Crippen molar-refractivity contribution in [2.75, 3.05) is 18.0 Å². The van der Waals surface area contributed by atoms with Crippen LogP contribution in [0, 0.1) is 0 Å². The average molecular weight is 287 g/mol. The number of carbonyl (C=O) groups is 1. The van der Waals surface area contributed by atoms with Crippen molar-refractivity contribution in [3.05, 3.63) is 28.2 Å². The lowest BCUT2D eigenvalue weighted by molar-refractivity contribution is -0.121. The summed E-state index contributed by atoms with van der Waals surface area (Å²) in [4.78, 5) is 14.1. The van der Waals surface area contributed by atoms with Crippen molar-refractivity contribution >= 4 is 34.8 Å². The molecule has 3 nitrogen and oxygen atoms in total. The van der Waals surface area contributed by atoms with E-state index in [1.165, 1.54) is 0 Å². The quantitative estimate of drug-likeness (QED) is 0.926. The molecule has 18 heavy (non-hydrogen) atoms. The summed E-state index contributed by atoms with van der Waals surface area (Å²) < 4.78 is 0. The Labute approximate surface area is 117 Å². The second kappa shape index (κ2) is 5.91. The summed E-state index contributed by atoms with van der Waals surface area (Å²) in [6.45, 7) is 3.51. The molecular formula is C13H16Cl2N2O. The molecule has 1 aliphatic heterocycles. The minimum absolute atomic E-state index is 0.0958. The maximum Gasteiger partial charge on any atom is 0.244 e. The van der Waals surface area contributed by atoms with Crippen molar-refractivity contribution in [1.82, 2.24) is 5.32 Å². The molecule has 0 aromatic heterocycles. The normalized spacial score (nSPS) is 20.3. The van der Waals surface area contributed by atoms with Crippen LogP contribution < -0.4 is 10.2 Å². The van der Waals surface area contributed by atoms with Crippen molar-refractivity contribution in [2.45, 2.75) is 25.8 Å². The molecule has 1 aromatic rings. The van der Waals surface area contributed by atoms with Gasteiger partial charge in [-0.05, 0) is 37.6 Å². The summed E-state index contributed by atoms with van der Waals surface area (Å²) in [6, 6.07) is 5.13. The first kappa shape index (κ1) is 13.7. The Morgan fingerprint density at radius 1 is 1.33 bits per heavy atom. The lowest BCUT2D eigenvalue weighted by Crippen LogP contribution is -2.50. The maximum atomic E-state index is 12.3. The Kier molecular flexibility index (Phi) is 4.49. The lowest BCUT2D eigenvalue weighted by Gasteiger charge is -2.32. The standard InChI is InChI=1S/C13H16Cl2N2O/c1-2-16-12-4-3-5-17(13(12)18)11-7-9(14)6-10(15)8-11/h6-8,12,16H,2-5H2,1H3. The molecule has 1 amide bonds. The number of anilines is 1. The molecule has 0 bridgehead atoms. The molecule has 5 heteroatoms. The molecule has 1 heterocycles. The van der Waals surface area contributed by atoms with Gasteiger partial charge in [0.1, 0.15) is 0 Å². The fourth-order valence-corrected chi connectivity index (χ4v) is 2.78.